The van der Waals surface area contributed by atoms with E-state index in [1.54, 1.807) is 18.5 Å². The summed E-state index contributed by atoms with van der Waals surface area (Å²) in [5.41, 5.74) is 7.15. The molecule has 0 radical (unpaired) electrons. The van der Waals surface area contributed by atoms with Crippen molar-refractivity contribution in [3.8, 4) is 6.01 Å². The number of nitrogens with two attached hydrogens (primary N) is 1. The fourth-order valence-electron chi connectivity index (χ4n) is 3.55. The molecule has 30 heavy (non-hydrogen) atoms. The average molecular weight is 404 g/mol. The third-order valence-corrected chi connectivity index (χ3v) is 5.01. The summed E-state index contributed by atoms with van der Waals surface area (Å²) in [6.45, 7) is 2.85. The van der Waals surface area contributed by atoms with Gasteiger partial charge in [0.2, 0.25) is 0 Å². The van der Waals surface area contributed by atoms with Crippen LogP contribution in [0.15, 0.2) is 70.5 Å². The van der Waals surface area contributed by atoms with Crippen LogP contribution in [0.2, 0.25) is 0 Å². The standard InChI is InChI=1S/C22H24N6O2/c23-11-18(30-22-26-20-13-24-9-8-19(20)21(29)27-22)12-25-17-7-4-10-28(15-17)14-16-5-2-1-3-6-16/h1-3,5-6,8-9,11-13,17H,4,7,10,14-15,23H2,(H,26,27,29). The molecule has 0 amide bonds. The number of rotatable bonds is 6. The molecule has 3 heterocycles. The number of fused-ring (bicyclic) bond motifs is 1. The van der Waals surface area contributed by atoms with E-state index < -0.39 is 0 Å². The fraction of sp³-hybridized carbons (Fsp3) is 0.273. The monoisotopic (exact) mass is 404 g/mol. The number of H-pyrrole nitrogens is 1. The highest BCUT2D eigenvalue weighted by atomic mass is 16.5. The molecule has 0 spiro atoms. The Hall–Kier alpha value is -3.52. The maximum atomic E-state index is 12.2. The Balaban J connectivity index is 1.40. The van der Waals surface area contributed by atoms with Crippen LogP contribution in [0.4, 0.5) is 0 Å². The number of aromatic amines is 1. The van der Waals surface area contributed by atoms with Crippen LogP contribution in [0.1, 0.15) is 18.4 Å². The van der Waals surface area contributed by atoms with Crippen LogP contribution < -0.4 is 16.0 Å². The van der Waals surface area contributed by atoms with Crippen LogP contribution >= 0.6 is 0 Å². The molecule has 1 unspecified atom stereocenters. The Labute approximate surface area is 174 Å². The van der Waals surface area contributed by atoms with Crippen LogP contribution in [0, 0.1) is 0 Å². The zero-order chi connectivity index (χ0) is 20.8. The molecule has 2 aromatic heterocycles. The molecule has 0 aliphatic carbocycles. The largest absolute Gasteiger partial charge is 0.422 e. The summed E-state index contributed by atoms with van der Waals surface area (Å²) in [5, 5.41) is 0.449. The molecule has 0 saturated carbocycles. The maximum absolute atomic E-state index is 12.2. The third-order valence-electron chi connectivity index (χ3n) is 5.01. The summed E-state index contributed by atoms with van der Waals surface area (Å²) < 4.78 is 5.64. The van der Waals surface area contributed by atoms with Crippen molar-refractivity contribution >= 4 is 17.1 Å². The Bertz CT molecular complexity index is 1110. The number of aromatic nitrogens is 3. The van der Waals surface area contributed by atoms with Crippen LogP contribution in [0.5, 0.6) is 6.01 Å². The number of piperidine rings is 1. The van der Waals surface area contributed by atoms with Crippen LogP contribution in [0.25, 0.3) is 10.9 Å². The van der Waals surface area contributed by atoms with Crippen LogP contribution in [-0.2, 0) is 6.54 Å². The maximum Gasteiger partial charge on any atom is 0.302 e. The number of benzene rings is 1. The predicted molar refractivity (Wildman–Crippen MR) is 116 cm³/mol. The summed E-state index contributed by atoms with van der Waals surface area (Å²) >= 11 is 0. The van der Waals surface area contributed by atoms with Gasteiger partial charge in [0.15, 0.2) is 5.76 Å². The number of pyridine rings is 1. The summed E-state index contributed by atoms with van der Waals surface area (Å²) in [7, 11) is 0. The number of hydrogen-bond donors (Lipinski definition) is 2. The number of hydrogen-bond acceptors (Lipinski definition) is 7. The summed E-state index contributed by atoms with van der Waals surface area (Å²) in [5.74, 6) is 0.321. The van der Waals surface area contributed by atoms with E-state index in [1.807, 2.05) is 6.07 Å². The van der Waals surface area contributed by atoms with Gasteiger partial charge in [0.1, 0.15) is 0 Å². The van der Waals surface area contributed by atoms with Crippen LogP contribution in [0.3, 0.4) is 0 Å². The van der Waals surface area contributed by atoms with E-state index in [0.717, 1.165) is 32.5 Å². The van der Waals surface area contributed by atoms with Gasteiger partial charge in [-0.25, -0.2) is 0 Å². The minimum atomic E-state index is -0.297. The topological polar surface area (TPSA) is 109 Å². The van der Waals surface area contributed by atoms with Crippen molar-refractivity contribution < 1.29 is 4.74 Å². The number of ether oxygens (including phenoxy) is 1. The van der Waals surface area contributed by atoms with Gasteiger partial charge in [0.05, 0.1) is 29.4 Å². The van der Waals surface area contributed by atoms with Gasteiger partial charge in [-0.3, -0.25) is 24.7 Å². The smallest absolute Gasteiger partial charge is 0.302 e. The lowest BCUT2D eigenvalue weighted by atomic mass is 10.1. The molecule has 154 valence electrons. The molecule has 1 aliphatic heterocycles. The van der Waals surface area contributed by atoms with Gasteiger partial charge >= 0.3 is 6.01 Å². The molecule has 4 rings (SSSR count). The van der Waals surface area contributed by atoms with Crippen molar-refractivity contribution in [1.29, 1.82) is 0 Å². The van der Waals surface area contributed by atoms with Gasteiger partial charge in [-0.1, -0.05) is 30.3 Å². The molecule has 1 aliphatic rings. The minimum Gasteiger partial charge on any atom is -0.422 e. The van der Waals surface area contributed by atoms with Crippen molar-refractivity contribution in [3.05, 3.63) is 76.7 Å². The van der Waals surface area contributed by atoms with E-state index in [9.17, 15) is 4.79 Å². The molecule has 1 saturated heterocycles. The Morgan fingerprint density at radius 3 is 3.03 bits per heavy atom. The first kappa shape index (κ1) is 19.8. The second-order valence-electron chi connectivity index (χ2n) is 7.23. The van der Waals surface area contributed by atoms with E-state index >= 15 is 0 Å². The van der Waals surface area contributed by atoms with E-state index in [2.05, 4.69) is 49.1 Å². The number of likely N-dealkylation sites (tertiary alicyclic amines) is 1. The number of nitrogens with zero attached hydrogens (tertiary/aromatic N) is 4. The molecular weight excluding hydrogens is 380 g/mol. The van der Waals surface area contributed by atoms with Gasteiger partial charge in [-0.2, -0.15) is 4.98 Å². The van der Waals surface area contributed by atoms with E-state index in [-0.39, 0.29) is 17.6 Å². The molecular formula is C22H24N6O2. The Morgan fingerprint density at radius 2 is 2.20 bits per heavy atom. The lowest BCUT2D eigenvalue weighted by Gasteiger charge is -2.30. The van der Waals surface area contributed by atoms with E-state index in [4.69, 9.17) is 10.5 Å². The van der Waals surface area contributed by atoms with Crippen molar-refractivity contribution in [1.82, 2.24) is 19.9 Å². The quantitative estimate of drug-likeness (QED) is 0.482. The van der Waals surface area contributed by atoms with Crippen molar-refractivity contribution in [2.45, 2.75) is 25.4 Å². The van der Waals surface area contributed by atoms with Crippen molar-refractivity contribution in [2.24, 2.45) is 10.7 Å². The lowest BCUT2D eigenvalue weighted by Crippen LogP contribution is -2.37. The number of allylic oxidation sites excluding steroid dienone is 1. The third kappa shape index (κ3) is 4.90. The molecule has 0 bridgehead atoms. The van der Waals surface area contributed by atoms with Crippen molar-refractivity contribution in [2.75, 3.05) is 13.1 Å². The predicted octanol–water partition coefficient (Wildman–Crippen LogP) is 2.23. The van der Waals surface area contributed by atoms with Crippen molar-refractivity contribution in [3.63, 3.8) is 0 Å². The molecule has 8 heteroatoms. The fourth-order valence-corrected chi connectivity index (χ4v) is 3.55. The first-order valence-corrected chi connectivity index (χ1v) is 9.94. The first-order chi connectivity index (χ1) is 14.7. The van der Waals surface area contributed by atoms with Crippen LogP contribution in [-0.4, -0.2) is 45.2 Å². The summed E-state index contributed by atoms with van der Waals surface area (Å²) in [4.78, 5) is 30.1. The highest BCUT2D eigenvalue weighted by molar-refractivity contribution is 5.78. The second kappa shape index (κ2) is 9.32. The lowest BCUT2D eigenvalue weighted by molar-refractivity contribution is 0.202. The average Bonchev–Trinajstić information content (AvgIpc) is 2.77. The zero-order valence-electron chi connectivity index (χ0n) is 16.6. The highest BCUT2D eigenvalue weighted by Gasteiger charge is 2.19. The molecule has 3 N–H and O–H groups in total. The Kier molecular flexibility index (Phi) is 6.14. The summed E-state index contributed by atoms with van der Waals surface area (Å²) in [6.07, 6.45) is 8.07. The molecule has 8 nitrogen and oxygen atoms in total. The SMILES string of the molecule is NC=C(C=NC1CCCN(Cc2ccccc2)C1)Oc1nc2cnccc2c(=O)[nH]1. The van der Waals surface area contributed by atoms with E-state index in [0.29, 0.717) is 16.7 Å². The van der Waals surface area contributed by atoms with Gasteiger partial charge in [-0.05, 0) is 31.0 Å². The van der Waals surface area contributed by atoms with Gasteiger partial charge in [0.25, 0.3) is 5.56 Å². The Morgan fingerprint density at radius 1 is 1.33 bits per heavy atom. The number of nitrogens with one attached hydrogen (secondary N) is 1. The zero-order valence-corrected chi connectivity index (χ0v) is 16.6. The molecule has 1 fully saturated rings. The van der Waals surface area contributed by atoms with Gasteiger partial charge in [0, 0.05) is 25.5 Å². The highest BCUT2D eigenvalue weighted by Crippen LogP contribution is 2.16. The first-order valence-electron chi connectivity index (χ1n) is 9.94. The summed E-state index contributed by atoms with van der Waals surface area (Å²) in [6, 6.07) is 12.3. The normalized spacial score (nSPS) is 18.1. The molecule has 3 aromatic rings. The van der Waals surface area contributed by atoms with Gasteiger partial charge in [-0.15, -0.1) is 0 Å². The minimum absolute atomic E-state index is 0.0537. The van der Waals surface area contributed by atoms with Gasteiger partial charge < -0.3 is 10.5 Å². The number of aliphatic imine (C=N–C) groups is 1. The van der Waals surface area contributed by atoms with E-state index in [1.165, 1.54) is 18.0 Å². The molecule has 1 atom stereocenters. The second-order valence-corrected chi connectivity index (χ2v) is 7.23. The molecule has 1 aromatic carbocycles.